The van der Waals surface area contributed by atoms with Gasteiger partial charge in [0.2, 0.25) is 0 Å². The number of carbonyl (C=O) groups excluding carboxylic acids is 1. The zero-order valence-electron chi connectivity index (χ0n) is 7.79. The van der Waals surface area contributed by atoms with Crippen LogP contribution in [-0.4, -0.2) is 16.3 Å². The molecule has 1 aromatic rings. The minimum atomic E-state index is -1.11. The highest BCUT2D eigenvalue weighted by Crippen LogP contribution is 2.21. The maximum Gasteiger partial charge on any atom is 0.269 e. The standard InChI is InChI=1S/C10H9NO4/c1-7(6-12)10(13)8-2-4-9(5-3-8)11(14)15/h2-6,10,13H,1H2/t10-/m0/s1. The van der Waals surface area contributed by atoms with Gasteiger partial charge in [-0.3, -0.25) is 14.9 Å². The summed E-state index contributed by atoms with van der Waals surface area (Å²) in [5.74, 6) is 0. The average Bonchev–Trinajstić information content (AvgIpc) is 2.27. The molecule has 1 atom stereocenters. The van der Waals surface area contributed by atoms with Crippen molar-refractivity contribution in [3.8, 4) is 0 Å². The highest BCUT2D eigenvalue weighted by Gasteiger charge is 2.12. The van der Waals surface area contributed by atoms with Crippen LogP contribution >= 0.6 is 0 Å². The van der Waals surface area contributed by atoms with Gasteiger partial charge in [0, 0.05) is 17.7 Å². The summed E-state index contributed by atoms with van der Waals surface area (Å²) in [7, 11) is 0. The second-order valence-electron chi connectivity index (χ2n) is 2.94. The topological polar surface area (TPSA) is 80.4 Å². The normalized spacial score (nSPS) is 11.8. The third-order valence-electron chi connectivity index (χ3n) is 1.92. The number of carbonyl (C=O) groups is 1. The van der Waals surface area contributed by atoms with Crippen LogP contribution in [0.4, 0.5) is 5.69 Å². The van der Waals surface area contributed by atoms with Crippen LogP contribution in [0.2, 0.25) is 0 Å². The monoisotopic (exact) mass is 207 g/mol. The van der Waals surface area contributed by atoms with Gasteiger partial charge in [-0.15, -0.1) is 0 Å². The molecule has 1 rings (SSSR count). The molecular formula is C10H9NO4. The molecule has 0 spiro atoms. The molecule has 0 saturated carbocycles. The van der Waals surface area contributed by atoms with E-state index in [0.717, 1.165) is 0 Å². The summed E-state index contributed by atoms with van der Waals surface area (Å²) in [6, 6.07) is 5.29. The molecular weight excluding hydrogens is 198 g/mol. The van der Waals surface area contributed by atoms with Crippen LogP contribution in [0, 0.1) is 10.1 Å². The molecule has 15 heavy (non-hydrogen) atoms. The van der Waals surface area contributed by atoms with Gasteiger partial charge >= 0.3 is 0 Å². The van der Waals surface area contributed by atoms with Crippen LogP contribution in [0.15, 0.2) is 36.4 Å². The number of hydrogen-bond acceptors (Lipinski definition) is 4. The molecule has 5 heteroatoms. The van der Waals surface area contributed by atoms with Gasteiger partial charge in [-0.2, -0.15) is 0 Å². The third kappa shape index (κ3) is 2.47. The first-order valence-electron chi connectivity index (χ1n) is 4.12. The van der Waals surface area contributed by atoms with Crippen LogP contribution in [-0.2, 0) is 4.79 Å². The Kier molecular flexibility index (Phi) is 3.30. The average molecular weight is 207 g/mol. The number of aldehydes is 1. The number of non-ortho nitro benzene ring substituents is 1. The Labute approximate surface area is 85.8 Å². The van der Waals surface area contributed by atoms with Crippen molar-refractivity contribution in [2.75, 3.05) is 0 Å². The summed E-state index contributed by atoms with van der Waals surface area (Å²) in [5.41, 5.74) is 0.351. The SMILES string of the molecule is C=C(C=O)[C@H](O)c1ccc([N+](=O)[O-])cc1. The van der Waals surface area contributed by atoms with Gasteiger partial charge in [-0.1, -0.05) is 6.58 Å². The first-order chi connectivity index (χ1) is 7.06. The molecule has 0 radical (unpaired) electrons. The number of rotatable bonds is 4. The fourth-order valence-electron chi connectivity index (χ4n) is 1.06. The van der Waals surface area contributed by atoms with Gasteiger partial charge in [-0.25, -0.2) is 0 Å². The first-order valence-corrected chi connectivity index (χ1v) is 4.12. The lowest BCUT2D eigenvalue weighted by Crippen LogP contribution is -2.01. The molecule has 78 valence electrons. The van der Waals surface area contributed by atoms with E-state index in [-0.39, 0.29) is 11.3 Å². The van der Waals surface area contributed by atoms with Crippen molar-refractivity contribution in [2.24, 2.45) is 0 Å². The second-order valence-corrected chi connectivity index (χ2v) is 2.94. The molecule has 0 saturated heterocycles. The summed E-state index contributed by atoms with van der Waals surface area (Å²) >= 11 is 0. The van der Waals surface area contributed by atoms with Gasteiger partial charge in [-0.05, 0) is 17.7 Å². The molecule has 0 bridgehead atoms. The van der Waals surface area contributed by atoms with E-state index in [1.807, 2.05) is 0 Å². The Balaban J connectivity index is 2.93. The summed E-state index contributed by atoms with van der Waals surface area (Å²) < 4.78 is 0. The van der Waals surface area contributed by atoms with Crippen LogP contribution in [0.1, 0.15) is 11.7 Å². The van der Waals surface area contributed by atoms with Crippen LogP contribution in [0.25, 0.3) is 0 Å². The van der Waals surface area contributed by atoms with E-state index in [1.165, 1.54) is 24.3 Å². The van der Waals surface area contributed by atoms with Crippen molar-refractivity contribution >= 4 is 12.0 Å². The highest BCUT2D eigenvalue weighted by molar-refractivity contribution is 5.74. The lowest BCUT2D eigenvalue weighted by molar-refractivity contribution is -0.384. The van der Waals surface area contributed by atoms with Crippen molar-refractivity contribution < 1.29 is 14.8 Å². The fraction of sp³-hybridized carbons (Fsp3) is 0.100. The summed E-state index contributed by atoms with van der Waals surface area (Å²) in [6.07, 6.45) is -0.658. The zero-order chi connectivity index (χ0) is 11.4. The molecule has 1 N–H and O–H groups in total. The maximum absolute atomic E-state index is 10.3. The molecule has 0 aliphatic rings. The van der Waals surface area contributed by atoms with Gasteiger partial charge < -0.3 is 5.11 Å². The van der Waals surface area contributed by atoms with Crippen LogP contribution in [0.3, 0.4) is 0 Å². The maximum atomic E-state index is 10.3. The van der Waals surface area contributed by atoms with E-state index in [2.05, 4.69) is 6.58 Å². The number of benzene rings is 1. The van der Waals surface area contributed by atoms with Crippen LogP contribution < -0.4 is 0 Å². The van der Waals surface area contributed by atoms with E-state index in [9.17, 15) is 20.0 Å². The van der Waals surface area contributed by atoms with Crippen molar-refractivity contribution in [3.05, 3.63) is 52.1 Å². The van der Waals surface area contributed by atoms with Gasteiger partial charge in [0.1, 0.15) is 12.4 Å². The third-order valence-corrected chi connectivity index (χ3v) is 1.92. The van der Waals surface area contributed by atoms with Crippen molar-refractivity contribution in [1.29, 1.82) is 0 Å². The molecule has 0 amide bonds. The number of aliphatic hydroxyl groups excluding tert-OH is 1. The number of nitro benzene ring substituents is 1. The lowest BCUT2D eigenvalue weighted by Gasteiger charge is -2.08. The predicted molar refractivity (Wildman–Crippen MR) is 53.3 cm³/mol. The molecule has 1 aromatic carbocycles. The largest absolute Gasteiger partial charge is 0.384 e. The molecule has 0 heterocycles. The molecule has 0 fully saturated rings. The van der Waals surface area contributed by atoms with Crippen LogP contribution in [0.5, 0.6) is 0 Å². The Bertz CT molecular complexity index is 396. The van der Waals surface area contributed by atoms with Crippen molar-refractivity contribution in [2.45, 2.75) is 6.10 Å². The predicted octanol–water partition coefficient (Wildman–Crippen LogP) is 1.38. The number of nitro groups is 1. The van der Waals surface area contributed by atoms with Gasteiger partial charge in [0.15, 0.2) is 0 Å². The van der Waals surface area contributed by atoms with Crippen molar-refractivity contribution in [3.63, 3.8) is 0 Å². The Morgan fingerprint density at radius 2 is 2.00 bits per heavy atom. The first kappa shape index (κ1) is 11.1. The minimum absolute atomic E-state index is 0.0175. The number of hydrogen-bond donors (Lipinski definition) is 1. The summed E-state index contributed by atoms with van der Waals surface area (Å²) in [4.78, 5) is 20.1. The van der Waals surface area contributed by atoms with E-state index in [0.29, 0.717) is 11.8 Å². The quantitative estimate of drug-likeness (QED) is 0.350. The zero-order valence-corrected chi connectivity index (χ0v) is 7.79. The number of aliphatic hydroxyl groups is 1. The minimum Gasteiger partial charge on any atom is -0.384 e. The van der Waals surface area contributed by atoms with E-state index < -0.39 is 11.0 Å². The Morgan fingerprint density at radius 1 is 1.47 bits per heavy atom. The molecule has 0 aliphatic carbocycles. The van der Waals surface area contributed by atoms with Gasteiger partial charge in [0.25, 0.3) is 5.69 Å². The van der Waals surface area contributed by atoms with Gasteiger partial charge in [0.05, 0.1) is 4.92 Å². The lowest BCUT2D eigenvalue weighted by atomic mass is 10.0. The molecule has 0 unspecified atom stereocenters. The molecule has 0 aliphatic heterocycles. The van der Waals surface area contributed by atoms with E-state index in [1.54, 1.807) is 0 Å². The number of nitrogens with zero attached hydrogens (tertiary/aromatic N) is 1. The smallest absolute Gasteiger partial charge is 0.269 e. The van der Waals surface area contributed by atoms with Crippen molar-refractivity contribution in [1.82, 2.24) is 0 Å². The summed E-state index contributed by atoms with van der Waals surface area (Å²) in [6.45, 7) is 3.36. The fourth-order valence-corrected chi connectivity index (χ4v) is 1.06. The van der Waals surface area contributed by atoms with E-state index in [4.69, 9.17) is 0 Å². The Morgan fingerprint density at radius 3 is 2.40 bits per heavy atom. The second kappa shape index (κ2) is 4.47. The summed E-state index contributed by atoms with van der Waals surface area (Å²) in [5, 5.41) is 19.9. The highest BCUT2D eigenvalue weighted by atomic mass is 16.6. The Hall–Kier alpha value is -2.01. The molecule has 0 aromatic heterocycles. The van der Waals surface area contributed by atoms with E-state index >= 15 is 0 Å². The molecule has 5 nitrogen and oxygen atoms in total.